The fourth-order valence-corrected chi connectivity index (χ4v) is 3.32. The molecule has 8 nitrogen and oxygen atoms in total. The van der Waals surface area contributed by atoms with Gasteiger partial charge >= 0.3 is 5.97 Å². The van der Waals surface area contributed by atoms with E-state index in [1.165, 1.54) is 50.3 Å². The molecule has 1 atom stereocenters. The van der Waals surface area contributed by atoms with E-state index < -0.39 is 29.5 Å². The van der Waals surface area contributed by atoms with E-state index in [4.69, 9.17) is 14.6 Å². The summed E-state index contributed by atoms with van der Waals surface area (Å²) in [5.74, 6) is -2.59. The first-order valence-corrected chi connectivity index (χ1v) is 8.61. The van der Waals surface area contributed by atoms with Gasteiger partial charge in [-0.15, -0.1) is 0 Å². The number of rotatable bonds is 6. The van der Waals surface area contributed by atoms with Crippen LogP contribution in [0.3, 0.4) is 0 Å². The number of carbonyl (C=O) groups is 3. The van der Waals surface area contributed by atoms with Gasteiger partial charge in [-0.1, -0.05) is 0 Å². The zero-order valence-electron chi connectivity index (χ0n) is 16.0. The molecule has 150 valence electrons. The zero-order chi connectivity index (χ0) is 21.3. The van der Waals surface area contributed by atoms with Crippen LogP contribution in [0.4, 0.5) is 5.69 Å². The van der Waals surface area contributed by atoms with Gasteiger partial charge in [0.05, 0.1) is 25.8 Å². The molecule has 0 bridgehead atoms. The van der Waals surface area contributed by atoms with Crippen LogP contribution in [0.5, 0.6) is 11.5 Å². The minimum Gasteiger partial charge on any atom is -0.868 e. The molecule has 3 rings (SSSR count). The van der Waals surface area contributed by atoms with Crippen molar-refractivity contribution in [3.63, 3.8) is 0 Å². The molecule has 0 spiro atoms. The number of benzene rings is 2. The summed E-state index contributed by atoms with van der Waals surface area (Å²) in [6.07, 6.45) is 0. The van der Waals surface area contributed by atoms with Crippen LogP contribution < -0.4 is 19.5 Å². The minimum absolute atomic E-state index is 0.0288. The maximum absolute atomic E-state index is 12.8. The number of nitrogens with zero attached hydrogens (tertiary/aromatic N) is 1. The third-order valence-electron chi connectivity index (χ3n) is 4.70. The quantitative estimate of drug-likeness (QED) is 0.790. The molecule has 1 amide bonds. The van der Waals surface area contributed by atoms with Crippen LogP contribution >= 0.6 is 0 Å². The maximum Gasteiger partial charge on any atom is 0.335 e. The molecule has 0 fully saturated rings. The van der Waals surface area contributed by atoms with Gasteiger partial charge in [0.1, 0.15) is 11.5 Å². The Labute approximate surface area is 166 Å². The number of Topliss-reactive ketones (excluding diaryl/α,β-unsaturated/α-hetero) is 1. The van der Waals surface area contributed by atoms with Crippen LogP contribution in [0.15, 0.2) is 53.8 Å². The van der Waals surface area contributed by atoms with E-state index >= 15 is 0 Å². The molecule has 0 aromatic heterocycles. The highest BCUT2D eigenvalue weighted by Crippen LogP contribution is 2.44. The molecule has 0 radical (unpaired) electrons. The first-order chi connectivity index (χ1) is 13.8. The lowest BCUT2D eigenvalue weighted by molar-refractivity contribution is -0.298. The van der Waals surface area contributed by atoms with Crippen molar-refractivity contribution in [2.45, 2.75) is 13.0 Å². The van der Waals surface area contributed by atoms with Crippen molar-refractivity contribution in [1.29, 1.82) is 0 Å². The van der Waals surface area contributed by atoms with Crippen molar-refractivity contribution in [1.82, 2.24) is 0 Å². The van der Waals surface area contributed by atoms with E-state index in [0.717, 1.165) is 0 Å². The number of carboxylic acids is 1. The number of methoxy groups -OCH3 is 2. The SMILES string of the molecule is COc1ccc([C@@H]2C(C(C)=O)=C([O-])C(=O)N2c2ccc(C(=O)O)cc2)c(OC)c1. The molecule has 1 heterocycles. The summed E-state index contributed by atoms with van der Waals surface area (Å²) in [7, 11) is 2.91. The number of carboxylic acid groups (broad SMARTS) is 1. The Morgan fingerprint density at radius 2 is 1.72 bits per heavy atom. The minimum atomic E-state index is -1.12. The highest BCUT2D eigenvalue weighted by Gasteiger charge is 2.40. The number of hydrogen-bond donors (Lipinski definition) is 1. The van der Waals surface area contributed by atoms with Crippen molar-refractivity contribution in [2.24, 2.45) is 0 Å². The van der Waals surface area contributed by atoms with Crippen LogP contribution in [0, 0.1) is 0 Å². The second-order valence-electron chi connectivity index (χ2n) is 6.34. The molecule has 8 heteroatoms. The molecule has 0 aliphatic carbocycles. The lowest BCUT2D eigenvalue weighted by Crippen LogP contribution is -2.32. The first-order valence-electron chi connectivity index (χ1n) is 8.61. The number of ether oxygens (including phenoxy) is 2. The molecule has 2 aromatic rings. The van der Waals surface area contributed by atoms with Gasteiger partial charge in [-0.05, 0) is 49.1 Å². The third-order valence-corrected chi connectivity index (χ3v) is 4.70. The van der Waals surface area contributed by atoms with E-state index in [1.54, 1.807) is 18.2 Å². The topological polar surface area (TPSA) is 116 Å². The first kappa shape index (κ1) is 19.9. The maximum atomic E-state index is 12.8. The van der Waals surface area contributed by atoms with Gasteiger partial charge in [-0.3, -0.25) is 14.5 Å². The molecular weight excluding hydrogens is 378 g/mol. The van der Waals surface area contributed by atoms with E-state index in [1.807, 2.05) is 0 Å². The normalized spacial score (nSPS) is 16.2. The second kappa shape index (κ2) is 7.67. The highest BCUT2D eigenvalue weighted by molar-refractivity contribution is 6.16. The molecule has 0 unspecified atom stereocenters. The average molecular weight is 396 g/mol. The molecule has 1 aliphatic heterocycles. The summed E-state index contributed by atoms with van der Waals surface area (Å²) in [6.45, 7) is 1.22. The molecule has 29 heavy (non-hydrogen) atoms. The zero-order valence-corrected chi connectivity index (χ0v) is 16.0. The Bertz CT molecular complexity index is 1020. The van der Waals surface area contributed by atoms with Crippen LogP contribution in [0.2, 0.25) is 0 Å². The fraction of sp³-hybridized carbons (Fsp3) is 0.190. The van der Waals surface area contributed by atoms with Crippen molar-refractivity contribution < 1.29 is 34.1 Å². The Kier molecular flexibility index (Phi) is 5.27. The Morgan fingerprint density at radius 1 is 1.07 bits per heavy atom. The summed E-state index contributed by atoms with van der Waals surface area (Å²) in [4.78, 5) is 37.3. The standard InChI is InChI=1S/C21H19NO7/c1-11(23)17-18(15-9-8-14(28-2)10-16(15)29-3)22(20(25)19(17)24)13-6-4-12(5-7-13)21(26)27/h4-10,18,24H,1-3H3,(H,26,27)/p-1/t18-/m1/s1. The predicted octanol–water partition coefficient (Wildman–Crippen LogP) is 1.69. The van der Waals surface area contributed by atoms with Crippen molar-refractivity contribution in [3.8, 4) is 11.5 Å². The van der Waals surface area contributed by atoms with Gasteiger partial charge in [0, 0.05) is 22.9 Å². The largest absolute Gasteiger partial charge is 0.868 e. The van der Waals surface area contributed by atoms with Gasteiger partial charge in [0.25, 0.3) is 0 Å². The fourth-order valence-electron chi connectivity index (χ4n) is 3.32. The van der Waals surface area contributed by atoms with Crippen LogP contribution in [0.25, 0.3) is 0 Å². The molecule has 2 aromatic carbocycles. The van der Waals surface area contributed by atoms with Crippen LogP contribution in [-0.4, -0.2) is 37.0 Å². The van der Waals surface area contributed by atoms with Gasteiger partial charge in [0.2, 0.25) is 5.91 Å². The lowest BCUT2D eigenvalue weighted by atomic mass is 9.95. The van der Waals surface area contributed by atoms with Crippen molar-refractivity contribution in [2.75, 3.05) is 19.1 Å². The predicted molar refractivity (Wildman–Crippen MR) is 101 cm³/mol. The molecular formula is C21H18NO7-. The molecule has 0 saturated carbocycles. The second-order valence-corrected chi connectivity index (χ2v) is 6.34. The number of hydrogen-bond acceptors (Lipinski definition) is 6. The van der Waals surface area contributed by atoms with Gasteiger partial charge < -0.3 is 19.7 Å². The van der Waals surface area contributed by atoms with E-state index in [-0.39, 0.29) is 16.8 Å². The number of anilines is 1. The molecule has 0 saturated heterocycles. The number of aromatic carboxylic acids is 1. The van der Waals surface area contributed by atoms with Crippen molar-refractivity contribution >= 4 is 23.3 Å². The van der Waals surface area contributed by atoms with Gasteiger partial charge in [0.15, 0.2) is 5.78 Å². The molecule has 1 N–H and O–H groups in total. The molecule has 1 aliphatic rings. The van der Waals surface area contributed by atoms with E-state index in [2.05, 4.69) is 0 Å². The lowest BCUT2D eigenvalue weighted by Gasteiger charge is -2.29. The van der Waals surface area contributed by atoms with Crippen LogP contribution in [0.1, 0.15) is 28.9 Å². The monoisotopic (exact) mass is 396 g/mol. The Morgan fingerprint density at radius 3 is 2.24 bits per heavy atom. The summed E-state index contributed by atoms with van der Waals surface area (Å²) in [5, 5.41) is 21.7. The summed E-state index contributed by atoms with van der Waals surface area (Å²) >= 11 is 0. The summed E-state index contributed by atoms with van der Waals surface area (Å²) < 4.78 is 10.6. The summed E-state index contributed by atoms with van der Waals surface area (Å²) in [6, 6.07) is 9.31. The number of ketones is 1. The smallest absolute Gasteiger partial charge is 0.335 e. The van der Waals surface area contributed by atoms with Gasteiger partial charge in [-0.25, -0.2) is 4.79 Å². The third kappa shape index (κ3) is 3.40. The van der Waals surface area contributed by atoms with E-state index in [0.29, 0.717) is 17.1 Å². The highest BCUT2D eigenvalue weighted by atomic mass is 16.5. The van der Waals surface area contributed by atoms with E-state index in [9.17, 15) is 19.5 Å². The Balaban J connectivity index is 2.19. The average Bonchev–Trinajstić information content (AvgIpc) is 2.98. The Hall–Kier alpha value is -3.81. The van der Waals surface area contributed by atoms with Crippen molar-refractivity contribution in [3.05, 3.63) is 64.9 Å². The van der Waals surface area contributed by atoms with Crippen LogP contribution in [-0.2, 0) is 9.59 Å². The number of amides is 1. The summed E-state index contributed by atoms with van der Waals surface area (Å²) in [5.41, 5.74) is 0.564. The number of carbonyl (C=O) groups excluding carboxylic acids is 2. The van der Waals surface area contributed by atoms with Gasteiger partial charge in [-0.2, -0.15) is 0 Å².